The summed E-state index contributed by atoms with van der Waals surface area (Å²) in [4.78, 5) is 17.0. The zero-order chi connectivity index (χ0) is 14.6. The summed E-state index contributed by atoms with van der Waals surface area (Å²) in [5.41, 5.74) is 5.50. The third kappa shape index (κ3) is 5.11. The predicted molar refractivity (Wildman–Crippen MR) is 89.7 cm³/mol. The largest absolute Gasteiger partial charge is 0.341 e. The van der Waals surface area contributed by atoms with Gasteiger partial charge in [0, 0.05) is 19.6 Å². The lowest BCUT2D eigenvalue weighted by Crippen LogP contribution is -2.55. The van der Waals surface area contributed by atoms with Gasteiger partial charge < -0.3 is 15.5 Å². The monoisotopic (exact) mass is 317 g/mol. The Hall–Kier alpha value is -0.320. The van der Waals surface area contributed by atoms with E-state index < -0.39 is 5.54 Å². The molecule has 0 aromatic carbocycles. The molecule has 0 aromatic rings. The first-order valence-corrected chi connectivity index (χ1v) is 8.33. The molecule has 1 atom stereocenters. The molecule has 1 unspecified atom stereocenters. The topological polar surface area (TPSA) is 49.6 Å². The summed E-state index contributed by atoms with van der Waals surface area (Å²) in [7, 11) is 0. The number of nitrogens with two attached hydrogens (primary N) is 1. The van der Waals surface area contributed by atoms with Crippen LogP contribution in [0.2, 0.25) is 0 Å². The van der Waals surface area contributed by atoms with Gasteiger partial charge in [-0.3, -0.25) is 4.79 Å². The zero-order valence-electron chi connectivity index (χ0n) is 13.6. The van der Waals surface area contributed by atoms with Crippen LogP contribution in [-0.4, -0.2) is 54.0 Å². The summed E-state index contributed by atoms with van der Waals surface area (Å²) in [6.07, 6.45) is 6.75. The Morgan fingerprint density at radius 2 is 1.76 bits per heavy atom. The lowest BCUT2D eigenvalue weighted by atomic mass is 9.91. The molecular weight excluding hydrogens is 286 g/mol. The fraction of sp³-hybridized carbons (Fsp3) is 0.938. The third-order valence-electron chi connectivity index (χ3n) is 4.87. The van der Waals surface area contributed by atoms with Gasteiger partial charge in [0.25, 0.3) is 0 Å². The molecule has 2 aliphatic rings. The Kier molecular flexibility index (Phi) is 7.45. The molecule has 2 fully saturated rings. The minimum Gasteiger partial charge on any atom is -0.341 e. The van der Waals surface area contributed by atoms with Gasteiger partial charge in [0.1, 0.15) is 0 Å². The van der Waals surface area contributed by atoms with Crippen LogP contribution in [0.4, 0.5) is 0 Å². The first-order valence-electron chi connectivity index (χ1n) is 8.33. The predicted octanol–water partition coefficient (Wildman–Crippen LogP) is 2.26. The third-order valence-corrected chi connectivity index (χ3v) is 4.87. The van der Waals surface area contributed by atoms with E-state index in [-0.39, 0.29) is 18.3 Å². The van der Waals surface area contributed by atoms with Crippen molar-refractivity contribution in [3.05, 3.63) is 0 Å². The van der Waals surface area contributed by atoms with E-state index in [2.05, 4.69) is 11.8 Å². The highest BCUT2D eigenvalue weighted by atomic mass is 35.5. The van der Waals surface area contributed by atoms with E-state index in [0.717, 1.165) is 44.7 Å². The van der Waals surface area contributed by atoms with Crippen LogP contribution in [0.1, 0.15) is 52.4 Å². The molecule has 0 spiro atoms. The second kappa shape index (κ2) is 8.35. The normalized spacial score (nSPS) is 23.7. The Morgan fingerprint density at radius 3 is 2.29 bits per heavy atom. The van der Waals surface area contributed by atoms with Crippen molar-refractivity contribution < 1.29 is 4.79 Å². The molecule has 124 valence electrons. The van der Waals surface area contributed by atoms with Crippen LogP contribution >= 0.6 is 12.4 Å². The van der Waals surface area contributed by atoms with Gasteiger partial charge in [-0.2, -0.15) is 0 Å². The molecule has 0 aromatic heterocycles. The Balaban J connectivity index is 0.00000220. The summed E-state index contributed by atoms with van der Waals surface area (Å²) >= 11 is 0. The highest BCUT2D eigenvalue weighted by Crippen LogP contribution is 2.23. The standard InChI is InChI=1S/C16H31N3O.ClH/c1-3-8-16(2,17)15(20)19-11-6-14(7-12-19)13-18-9-4-5-10-18;/h14H,3-13,17H2,1-2H3;1H. The smallest absolute Gasteiger partial charge is 0.242 e. The van der Waals surface area contributed by atoms with Crippen LogP contribution in [0.5, 0.6) is 0 Å². The Labute approximate surface area is 135 Å². The van der Waals surface area contributed by atoms with E-state index in [9.17, 15) is 4.79 Å². The van der Waals surface area contributed by atoms with Gasteiger partial charge >= 0.3 is 0 Å². The Bertz CT molecular complexity index is 321. The van der Waals surface area contributed by atoms with E-state index in [0.29, 0.717) is 0 Å². The van der Waals surface area contributed by atoms with Crippen molar-refractivity contribution in [3.63, 3.8) is 0 Å². The van der Waals surface area contributed by atoms with Crippen LogP contribution < -0.4 is 5.73 Å². The maximum atomic E-state index is 12.5. The second-order valence-electron chi connectivity index (χ2n) is 6.91. The van der Waals surface area contributed by atoms with Crippen molar-refractivity contribution in [1.82, 2.24) is 9.80 Å². The van der Waals surface area contributed by atoms with Crippen molar-refractivity contribution in [2.24, 2.45) is 11.7 Å². The minimum atomic E-state index is -0.670. The van der Waals surface area contributed by atoms with Crippen LogP contribution in [0.3, 0.4) is 0 Å². The van der Waals surface area contributed by atoms with Crippen LogP contribution in [0.15, 0.2) is 0 Å². The van der Waals surface area contributed by atoms with Gasteiger partial charge in [0.15, 0.2) is 0 Å². The fourth-order valence-corrected chi connectivity index (χ4v) is 3.64. The van der Waals surface area contributed by atoms with Crippen LogP contribution in [0, 0.1) is 5.92 Å². The molecule has 1 amide bonds. The van der Waals surface area contributed by atoms with Crippen molar-refractivity contribution in [2.45, 2.75) is 57.9 Å². The van der Waals surface area contributed by atoms with E-state index >= 15 is 0 Å². The maximum Gasteiger partial charge on any atom is 0.242 e. The number of halogens is 1. The van der Waals surface area contributed by atoms with Gasteiger partial charge in [-0.15, -0.1) is 12.4 Å². The van der Waals surface area contributed by atoms with Gasteiger partial charge in [-0.1, -0.05) is 13.3 Å². The molecule has 0 bridgehead atoms. The quantitative estimate of drug-likeness (QED) is 0.846. The first-order chi connectivity index (χ1) is 9.53. The number of nitrogens with zero attached hydrogens (tertiary/aromatic N) is 2. The summed E-state index contributed by atoms with van der Waals surface area (Å²) in [5.74, 6) is 0.923. The molecule has 21 heavy (non-hydrogen) atoms. The summed E-state index contributed by atoms with van der Waals surface area (Å²) < 4.78 is 0. The van der Waals surface area contributed by atoms with E-state index in [1.807, 2.05) is 11.8 Å². The number of amides is 1. The van der Waals surface area contributed by atoms with Crippen molar-refractivity contribution in [3.8, 4) is 0 Å². The molecule has 2 N–H and O–H groups in total. The SMILES string of the molecule is CCCC(C)(N)C(=O)N1CCC(CN2CCCC2)CC1.Cl. The average Bonchev–Trinajstić information content (AvgIpc) is 2.91. The molecular formula is C16H32ClN3O. The molecule has 2 heterocycles. The molecule has 2 rings (SSSR count). The van der Waals surface area contributed by atoms with E-state index in [1.54, 1.807) is 0 Å². The van der Waals surface area contributed by atoms with Crippen molar-refractivity contribution in [2.75, 3.05) is 32.7 Å². The second-order valence-corrected chi connectivity index (χ2v) is 6.91. The minimum absolute atomic E-state index is 0. The number of hydrogen-bond donors (Lipinski definition) is 1. The molecule has 2 saturated heterocycles. The van der Waals surface area contributed by atoms with E-state index in [4.69, 9.17) is 5.73 Å². The van der Waals surface area contributed by atoms with Gasteiger partial charge in [-0.25, -0.2) is 0 Å². The first kappa shape index (κ1) is 18.7. The summed E-state index contributed by atoms with van der Waals surface area (Å²) in [5, 5.41) is 0. The zero-order valence-corrected chi connectivity index (χ0v) is 14.5. The lowest BCUT2D eigenvalue weighted by molar-refractivity contribution is -0.138. The highest BCUT2D eigenvalue weighted by molar-refractivity contribution is 5.86. The van der Waals surface area contributed by atoms with Crippen LogP contribution in [-0.2, 0) is 4.79 Å². The summed E-state index contributed by atoms with van der Waals surface area (Å²) in [6.45, 7) is 9.54. The highest BCUT2D eigenvalue weighted by Gasteiger charge is 2.34. The van der Waals surface area contributed by atoms with E-state index in [1.165, 1.54) is 32.5 Å². The molecule has 0 aliphatic carbocycles. The number of piperidine rings is 1. The maximum absolute atomic E-state index is 12.5. The van der Waals surface area contributed by atoms with Crippen molar-refractivity contribution >= 4 is 18.3 Å². The number of carbonyl (C=O) groups excluding carboxylic acids is 1. The number of rotatable bonds is 5. The molecule has 5 heteroatoms. The van der Waals surface area contributed by atoms with Gasteiger partial charge in [0.05, 0.1) is 5.54 Å². The fourth-order valence-electron chi connectivity index (χ4n) is 3.64. The van der Waals surface area contributed by atoms with Crippen molar-refractivity contribution in [1.29, 1.82) is 0 Å². The number of likely N-dealkylation sites (tertiary alicyclic amines) is 2. The Morgan fingerprint density at radius 1 is 1.19 bits per heavy atom. The summed E-state index contributed by atoms with van der Waals surface area (Å²) in [6, 6.07) is 0. The van der Waals surface area contributed by atoms with Crippen LogP contribution in [0.25, 0.3) is 0 Å². The number of carbonyl (C=O) groups is 1. The van der Waals surface area contributed by atoms with Gasteiger partial charge in [0.2, 0.25) is 5.91 Å². The molecule has 4 nitrogen and oxygen atoms in total. The number of hydrogen-bond acceptors (Lipinski definition) is 3. The molecule has 2 aliphatic heterocycles. The molecule has 0 saturated carbocycles. The van der Waals surface area contributed by atoms with Gasteiger partial charge in [-0.05, 0) is 58.0 Å². The average molecular weight is 318 g/mol. The lowest BCUT2D eigenvalue weighted by Gasteiger charge is -2.37. The molecule has 0 radical (unpaired) electrons.